The number of nitrogens with zero attached hydrogens (tertiary/aromatic N) is 2. The zero-order valence-corrected chi connectivity index (χ0v) is 24.1. The second-order valence-corrected chi connectivity index (χ2v) is 13.0. The maximum atomic E-state index is 14.5. The number of carbonyl (C=O) groups excluding carboxylic acids is 3. The largest absolute Gasteiger partial charge is 0.466 e. The molecule has 1 N–H and O–H groups in total. The number of hydrogen-bond donors (Lipinski definition) is 1. The first-order chi connectivity index (χ1) is 17.7. The summed E-state index contributed by atoms with van der Waals surface area (Å²) in [5.74, 6) is -2.08. The molecule has 0 aliphatic carbocycles. The van der Waals surface area contributed by atoms with Crippen LogP contribution in [0, 0.1) is 17.8 Å². The predicted octanol–water partition coefficient (Wildman–Crippen LogP) is 3.64. The van der Waals surface area contributed by atoms with Gasteiger partial charge in [0.2, 0.25) is 11.8 Å². The van der Waals surface area contributed by atoms with Crippen LogP contribution in [0.5, 0.6) is 0 Å². The number of benzene rings is 1. The molecule has 3 unspecified atom stereocenters. The fourth-order valence-electron chi connectivity index (χ4n) is 6.39. The quantitative estimate of drug-likeness (QED) is 0.240. The molecule has 1 aromatic carbocycles. The van der Waals surface area contributed by atoms with E-state index in [-0.39, 0.29) is 47.0 Å². The minimum Gasteiger partial charge on any atom is -0.466 e. The fourth-order valence-corrected chi connectivity index (χ4v) is 9.97. The zero-order valence-electron chi connectivity index (χ0n) is 21.7. The van der Waals surface area contributed by atoms with Crippen LogP contribution in [0.3, 0.4) is 0 Å². The van der Waals surface area contributed by atoms with Crippen molar-refractivity contribution in [3.8, 4) is 0 Å². The summed E-state index contributed by atoms with van der Waals surface area (Å²) in [7, 11) is 0. The summed E-state index contributed by atoms with van der Waals surface area (Å²) in [6.45, 7) is 10.3. The lowest BCUT2D eigenvalue weighted by molar-refractivity contribution is -0.154. The number of thioether (sulfide) groups is 1. The normalized spacial score (nSPS) is 31.6. The summed E-state index contributed by atoms with van der Waals surface area (Å²) in [4.78, 5) is 45.3. The third-order valence-electron chi connectivity index (χ3n) is 8.24. The molecule has 1 aromatic rings. The van der Waals surface area contributed by atoms with Gasteiger partial charge in [0.1, 0.15) is 6.04 Å². The highest BCUT2D eigenvalue weighted by Crippen LogP contribution is 2.68. The van der Waals surface area contributed by atoms with E-state index < -0.39 is 28.7 Å². The molecule has 0 aromatic heterocycles. The molecule has 8 atom stereocenters. The van der Waals surface area contributed by atoms with E-state index in [2.05, 4.69) is 22.5 Å². The summed E-state index contributed by atoms with van der Waals surface area (Å²) in [5, 5.41) is 10.3. The summed E-state index contributed by atoms with van der Waals surface area (Å²) in [5.41, 5.74) is 0.981. The standard InChI is InChI=1S/C28H37BrN2O5S/c1-5-13-30(15-18-11-9-8-10-12-18)26(34)24-28-14-19(29)23(37-28)21(27(35)36-7-3)22(28)25(33)31(24)20(16-32)17(4)6-2/h5,8-12,17,19-24,32H,1,6-7,13-16H2,2-4H3/t17-,19?,20-,21+,22-,23+,24?,28?/m0/s1. The Bertz CT molecular complexity index is 1030. The molecule has 7 nitrogen and oxygen atoms in total. The van der Waals surface area contributed by atoms with Crippen LogP contribution < -0.4 is 0 Å². The number of alkyl halides is 1. The van der Waals surface area contributed by atoms with E-state index in [1.165, 1.54) is 0 Å². The van der Waals surface area contributed by atoms with Crippen LogP contribution in [0.4, 0.5) is 0 Å². The molecule has 202 valence electrons. The van der Waals surface area contributed by atoms with E-state index in [9.17, 15) is 19.5 Å². The van der Waals surface area contributed by atoms with Gasteiger partial charge in [-0.1, -0.05) is 72.6 Å². The molecule has 3 aliphatic rings. The summed E-state index contributed by atoms with van der Waals surface area (Å²) < 4.78 is 4.65. The van der Waals surface area contributed by atoms with Crippen LogP contribution in [0.2, 0.25) is 0 Å². The Kier molecular flexibility index (Phi) is 8.75. The zero-order chi connectivity index (χ0) is 26.9. The topological polar surface area (TPSA) is 87.2 Å². The van der Waals surface area contributed by atoms with Gasteiger partial charge in [-0.25, -0.2) is 0 Å². The Labute approximate surface area is 232 Å². The molecule has 0 saturated carbocycles. The van der Waals surface area contributed by atoms with E-state index in [0.717, 1.165) is 12.0 Å². The van der Waals surface area contributed by atoms with Crippen molar-refractivity contribution in [1.82, 2.24) is 9.80 Å². The third kappa shape index (κ3) is 4.76. The van der Waals surface area contributed by atoms with E-state index in [0.29, 0.717) is 19.5 Å². The molecule has 9 heteroatoms. The molecule has 0 radical (unpaired) electrons. The number of carbonyl (C=O) groups is 3. The van der Waals surface area contributed by atoms with Gasteiger partial charge < -0.3 is 19.6 Å². The number of amides is 2. The van der Waals surface area contributed by atoms with E-state index in [1.807, 2.05) is 44.2 Å². The third-order valence-corrected chi connectivity index (χ3v) is 11.5. The first-order valence-electron chi connectivity index (χ1n) is 13.1. The molecule has 3 heterocycles. The van der Waals surface area contributed by atoms with Crippen molar-refractivity contribution in [2.75, 3.05) is 19.8 Å². The van der Waals surface area contributed by atoms with Crippen molar-refractivity contribution in [2.45, 2.75) is 67.1 Å². The van der Waals surface area contributed by atoms with E-state index in [1.54, 1.807) is 34.6 Å². The smallest absolute Gasteiger partial charge is 0.310 e. The molecular formula is C28H37BrN2O5S. The van der Waals surface area contributed by atoms with Crippen LogP contribution in [-0.2, 0) is 25.7 Å². The van der Waals surface area contributed by atoms with Gasteiger partial charge in [-0.2, -0.15) is 0 Å². The number of aliphatic hydroxyl groups is 1. The molecule has 4 rings (SSSR count). The van der Waals surface area contributed by atoms with Gasteiger partial charge in [0.15, 0.2) is 0 Å². The highest BCUT2D eigenvalue weighted by Gasteiger charge is 2.76. The summed E-state index contributed by atoms with van der Waals surface area (Å²) in [6.07, 6.45) is 3.03. The van der Waals surface area contributed by atoms with Crippen LogP contribution in [0.1, 0.15) is 39.2 Å². The van der Waals surface area contributed by atoms with Crippen molar-refractivity contribution >= 4 is 45.5 Å². The first kappa shape index (κ1) is 28.2. The number of esters is 1. The predicted molar refractivity (Wildman–Crippen MR) is 148 cm³/mol. The lowest BCUT2D eigenvalue weighted by Crippen LogP contribution is -2.58. The Morgan fingerprint density at radius 2 is 2.05 bits per heavy atom. The van der Waals surface area contributed by atoms with Crippen LogP contribution in [0.15, 0.2) is 43.0 Å². The highest BCUT2D eigenvalue weighted by atomic mass is 79.9. The first-order valence-corrected chi connectivity index (χ1v) is 14.9. The highest BCUT2D eigenvalue weighted by molar-refractivity contribution is 9.09. The monoisotopic (exact) mass is 592 g/mol. The number of hydrogen-bond acceptors (Lipinski definition) is 6. The molecule has 3 saturated heterocycles. The maximum absolute atomic E-state index is 14.5. The number of rotatable bonds is 11. The van der Waals surface area contributed by atoms with Crippen molar-refractivity contribution in [3.63, 3.8) is 0 Å². The van der Waals surface area contributed by atoms with Gasteiger partial charge in [0, 0.05) is 23.2 Å². The van der Waals surface area contributed by atoms with Crippen molar-refractivity contribution < 1.29 is 24.2 Å². The van der Waals surface area contributed by atoms with Gasteiger partial charge in [-0.15, -0.1) is 18.3 Å². The summed E-state index contributed by atoms with van der Waals surface area (Å²) in [6, 6.07) is 8.42. The van der Waals surface area contributed by atoms with E-state index in [4.69, 9.17) is 4.74 Å². The Morgan fingerprint density at radius 3 is 2.65 bits per heavy atom. The van der Waals surface area contributed by atoms with Crippen LogP contribution in [-0.4, -0.2) is 79.4 Å². The van der Waals surface area contributed by atoms with Crippen LogP contribution >= 0.6 is 27.7 Å². The second-order valence-electron chi connectivity index (χ2n) is 10.3. The molecule has 3 fully saturated rings. The molecule has 3 aliphatic heterocycles. The van der Waals surface area contributed by atoms with Crippen molar-refractivity contribution in [1.29, 1.82) is 0 Å². The number of ether oxygens (including phenoxy) is 1. The average Bonchev–Trinajstić information content (AvgIpc) is 3.48. The maximum Gasteiger partial charge on any atom is 0.310 e. The number of fused-ring (bicyclic) bond motifs is 1. The average molecular weight is 594 g/mol. The minimum absolute atomic E-state index is 0.0236. The minimum atomic E-state index is -0.797. The molecule has 2 bridgehead atoms. The lowest BCUT2D eigenvalue weighted by Gasteiger charge is -2.41. The molecule has 1 spiro atoms. The van der Waals surface area contributed by atoms with Gasteiger partial charge >= 0.3 is 5.97 Å². The Morgan fingerprint density at radius 1 is 1.35 bits per heavy atom. The number of aliphatic hydroxyl groups excluding tert-OH is 1. The number of halogens is 1. The Hall–Kier alpha value is -1.84. The SMILES string of the molecule is C=CCN(Cc1ccccc1)C(=O)C1N([C@@H](CO)[C@@H](C)CC)C(=O)[C@@H]2[C@@H](C(=O)OCC)[C@@H]3SC12CC3Br. The molecule has 37 heavy (non-hydrogen) atoms. The van der Waals surface area contributed by atoms with Gasteiger partial charge in [-0.05, 0) is 24.8 Å². The van der Waals surface area contributed by atoms with Gasteiger partial charge in [0.05, 0.1) is 35.8 Å². The fraction of sp³-hybridized carbons (Fsp3) is 0.607. The van der Waals surface area contributed by atoms with Gasteiger partial charge in [-0.3, -0.25) is 14.4 Å². The Balaban J connectivity index is 1.81. The van der Waals surface area contributed by atoms with Gasteiger partial charge in [0.25, 0.3) is 0 Å². The van der Waals surface area contributed by atoms with E-state index >= 15 is 0 Å². The van der Waals surface area contributed by atoms with Crippen LogP contribution in [0.25, 0.3) is 0 Å². The molecular weight excluding hydrogens is 556 g/mol. The molecule has 2 amide bonds. The summed E-state index contributed by atoms with van der Waals surface area (Å²) >= 11 is 5.36. The second kappa shape index (κ2) is 11.5. The lowest BCUT2D eigenvalue weighted by atomic mass is 9.71. The van der Waals surface area contributed by atoms with Crippen molar-refractivity contribution in [3.05, 3.63) is 48.6 Å². The van der Waals surface area contributed by atoms with Crippen molar-refractivity contribution in [2.24, 2.45) is 17.8 Å². The number of likely N-dealkylation sites (tertiary alicyclic amines) is 1.